The molecule has 106 valence electrons. The highest BCUT2D eigenvalue weighted by Crippen LogP contribution is 2.27. The van der Waals surface area contributed by atoms with Crippen molar-refractivity contribution in [2.45, 2.75) is 0 Å². The zero-order valence-corrected chi connectivity index (χ0v) is 12.0. The first-order valence-electron chi connectivity index (χ1n) is 6.18. The molecule has 3 aromatic rings. The van der Waals surface area contributed by atoms with E-state index in [4.69, 9.17) is 21.4 Å². The summed E-state index contributed by atoms with van der Waals surface area (Å²) in [4.78, 5) is 0. The highest BCUT2D eigenvalue weighted by molar-refractivity contribution is 7.71. The van der Waals surface area contributed by atoms with E-state index in [1.54, 1.807) is 31.7 Å². The summed E-state index contributed by atoms with van der Waals surface area (Å²) in [6.45, 7) is 0. The quantitative estimate of drug-likeness (QED) is 0.594. The van der Waals surface area contributed by atoms with Gasteiger partial charge in [0, 0.05) is 0 Å². The molecular formula is C14H12N4O2S. The first-order chi connectivity index (χ1) is 10.3. The van der Waals surface area contributed by atoms with Crippen LogP contribution < -0.4 is 4.74 Å². The molecule has 0 aliphatic heterocycles. The molecule has 0 fully saturated rings. The Morgan fingerprint density at radius 3 is 2.95 bits per heavy atom. The van der Waals surface area contributed by atoms with Crippen molar-refractivity contribution in [2.75, 3.05) is 7.11 Å². The second-order valence-corrected chi connectivity index (χ2v) is 4.51. The molecule has 0 atom stereocenters. The number of ether oxygens (including phenoxy) is 1. The van der Waals surface area contributed by atoms with Gasteiger partial charge in [0.05, 0.1) is 25.2 Å². The number of H-pyrrole nitrogens is 1. The molecule has 6 nitrogen and oxygen atoms in total. The number of benzene rings is 1. The number of nitrogens with one attached hydrogen (secondary N) is 1. The first kappa shape index (κ1) is 13.3. The van der Waals surface area contributed by atoms with Crippen LogP contribution in [0.4, 0.5) is 0 Å². The minimum Gasteiger partial charge on any atom is -0.496 e. The number of methoxy groups -OCH3 is 1. The highest BCUT2D eigenvalue weighted by Gasteiger charge is 2.12. The van der Waals surface area contributed by atoms with Gasteiger partial charge in [0.2, 0.25) is 4.77 Å². The van der Waals surface area contributed by atoms with Gasteiger partial charge in [-0.25, -0.2) is 5.10 Å². The maximum atomic E-state index is 5.34. The number of aromatic amines is 1. The standard InChI is InChI=1S/C14H12N4O2S/c1-19-12-7-3-2-6-11(12)13-16-17-14(21)18(13)15-9-10-5-4-8-20-10/h2-9H,1H3,(H,17,21)/b15-9-. The van der Waals surface area contributed by atoms with Crippen LogP contribution in [0.2, 0.25) is 0 Å². The number of nitrogens with zero attached hydrogens (tertiary/aromatic N) is 3. The Morgan fingerprint density at radius 1 is 1.33 bits per heavy atom. The highest BCUT2D eigenvalue weighted by atomic mass is 32.1. The molecule has 0 bridgehead atoms. The second kappa shape index (κ2) is 5.76. The normalized spacial score (nSPS) is 11.1. The fraction of sp³-hybridized carbons (Fsp3) is 0.0714. The van der Waals surface area contributed by atoms with E-state index in [1.165, 1.54) is 4.68 Å². The van der Waals surface area contributed by atoms with Gasteiger partial charge in [0.25, 0.3) is 0 Å². The van der Waals surface area contributed by atoms with Crippen molar-refractivity contribution in [1.29, 1.82) is 0 Å². The van der Waals surface area contributed by atoms with Crippen LogP contribution in [0.1, 0.15) is 5.76 Å². The molecule has 7 heteroatoms. The summed E-state index contributed by atoms with van der Waals surface area (Å²) in [6.07, 6.45) is 3.15. The summed E-state index contributed by atoms with van der Waals surface area (Å²) >= 11 is 5.21. The van der Waals surface area contributed by atoms with Crippen LogP contribution in [-0.2, 0) is 0 Å². The van der Waals surface area contributed by atoms with Crippen LogP contribution in [-0.4, -0.2) is 28.2 Å². The number of hydrogen-bond acceptors (Lipinski definition) is 5. The van der Waals surface area contributed by atoms with Gasteiger partial charge in [-0.05, 0) is 36.5 Å². The van der Waals surface area contributed by atoms with Gasteiger partial charge in [-0.1, -0.05) is 12.1 Å². The summed E-state index contributed by atoms with van der Waals surface area (Å²) in [5.41, 5.74) is 0.795. The van der Waals surface area contributed by atoms with Crippen molar-refractivity contribution >= 4 is 18.4 Å². The molecule has 0 saturated carbocycles. The molecular weight excluding hydrogens is 288 g/mol. The molecule has 0 saturated heterocycles. The Kier molecular flexibility index (Phi) is 3.65. The average molecular weight is 300 g/mol. The molecule has 0 unspecified atom stereocenters. The van der Waals surface area contributed by atoms with E-state index in [1.807, 2.05) is 24.3 Å². The van der Waals surface area contributed by atoms with Crippen molar-refractivity contribution in [3.05, 3.63) is 53.2 Å². The van der Waals surface area contributed by atoms with E-state index in [0.29, 0.717) is 22.1 Å². The fourth-order valence-corrected chi connectivity index (χ4v) is 2.06. The van der Waals surface area contributed by atoms with E-state index in [9.17, 15) is 0 Å². The van der Waals surface area contributed by atoms with Gasteiger partial charge >= 0.3 is 0 Å². The summed E-state index contributed by atoms with van der Waals surface area (Å²) in [7, 11) is 1.61. The third-order valence-corrected chi connectivity index (χ3v) is 3.11. The van der Waals surface area contributed by atoms with E-state index in [0.717, 1.165) is 5.56 Å². The number of furan rings is 1. The molecule has 2 heterocycles. The largest absolute Gasteiger partial charge is 0.496 e. The van der Waals surface area contributed by atoms with Crippen LogP contribution in [0, 0.1) is 4.77 Å². The van der Waals surface area contributed by atoms with Crippen molar-refractivity contribution in [2.24, 2.45) is 5.10 Å². The van der Waals surface area contributed by atoms with Gasteiger partial charge in [0.15, 0.2) is 5.82 Å². The average Bonchev–Trinajstić information content (AvgIpc) is 3.15. The molecule has 1 aromatic carbocycles. The predicted octanol–water partition coefficient (Wildman–Crippen LogP) is 3.09. The van der Waals surface area contributed by atoms with Crippen molar-refractivity contribution in [3.63, 3.8) is 0 Å². The van der Waals surface area contributed by atoms with Gasteiger partial charge in [-0.2, -0.15) is 14.9 Å². The van der Waals surface area contributed by atoms with E-state index in [2.05, 4.69) is 15.3 Å². The minimum absolute atomic E-state index is 0.388. The van der Waals surface area contributed by atoms with Crippen LogP contribution >= 0.6 is 12.2 Å². The molecule has 0 aliphatic carbocycles. The lowest BCUT2D eigenvalue weighted by Crippen LogP contribution is -1.96. The predicted molar refractivity (Wildman–Crippen MR) is 81.1 cm³/mol. The lowest BCUT2D eigenvalue weighted by atomic mass is 10.2. The molecule has 0 radical (unpaired) electrons. The van der Waals surface area contributed by atoms with E-state index in [-0.39, 0.29) is 0 Å². The Morgan fingerprint density at radius 2 is 2.19 bits per heavy atom. The Balaban J connectivity index is 2.07. The van der Waals surface area contributed by atoms with Crippen LogP contribution in [0.3, 0.4) is 0 Å². The van der Waals surface area contributed by atoms with E-state index < -0.39 is 0 Å². The number of hydrogen-bond donors (Lipinski definition) is 1. The lowest BCUT2D eigenvalue weighted by Gasteiger charge is -2.06. The van der Waals surface area contributed by atoms with Gasteiger partial charge in [-0.15, -0.1) is 0 Å². The van der Waals surface area contributed by atoms with Gasteiger partial charge in [0.1, 0.15) is 11.5 Å². The van der Waals surface area contributed by atoms with Crippen LogP contribution in [0.25, 0.3) is 11.4 Å². The van der Waals surface area contributed by atoms with Gasteiger partial charge < -0.3 is 9.15 Å². The maximum absolute atomic E-state index is 5.34. The number of aromatic nitrogens is 3. The fourth-order valence-electron chi connectivity index (χ4n) is 1.88. The minimum atomic E-state index is 0.388. The second-order valence-electron chi connectivity index (χ2n) is 4.12. The van der Waals surface area contributed by atoms with Crippen molar-refractivity contribution in [1.82, 2.24) is 14.9 Å². The van der Waals surface area contributed by atoms with Gasteiger partial charge in [-0.3, -0.25) is 0 Å². The Labute approximate surface area is 125 Å². The summed E-state index contributed by atoms with van der Waals surface area (Å²) < 4.78 is 12.5. The molecule has 1 N–H and O–H groups in total. The number of rotatable bonds is 4. The molecule has 0 spiro atoms. The molecule has 0 aliphatic rings. The first-order valence-corrected chi connectivity index (χ1v) is 6.59. The lowest BCUT2D eigenvalue weighted by molar-refractivity contribution is 0.416. The van der Waals surface area contributed by atoms with Crippen LogP contribution in [0.15, 0.2) is 52.2 Å². The molecule has 2 aromatic heterocycles. The summed E-state index contributed by atoms with van der Waals surface area (Å²) in [5.74, 6) is 1.89. The van der Waals surface area contributed by atoms with Crippen molar-refractivity contribution in [3.8, 4) is 17.1 Å². The van der Waals surface area contributed by atoms with E-state index >= 15 is 0 Å². The van der Waals surface area contributed by atoms with Crippen molar-refractivity contribution < 1.29 is 9.15 Å². The summed E-state index contributed by atoms with van der Waals surface area (Å²) in [6, 6.07) is 11.1. The Hall–Kier alpha value is -2.67. The smallest absolute Gasteiger partial charge is 0.216 e. The molecule has 3 rings (SSSR count). The topological polar surface area (TPSA) is 68.3 Å². The maximum Gasteiger partial charge on any atom is 0.216 e. The molecule has 0 amide bonds. The monoisotopic (exact) mass is 300 g/mol. The van der Waals surface area contributed by atoms with Crippen LogP contribution in [0.5, 0.6) is 5.75 Å². The number of para-hydroxylation sites is 1. The molecule has 21 heavy (non-hydrogen) atoms. The SMILES string of the molecule is COc1ccccc1-c1n[nH]c(=S)n1/N=C\c1ccco1. The summed E-state index contributed by atoms with van der Waals surface area (Å²) in [5, 5.41) is 11.3. The zero-order chi connectivity index (χ0) is 14.7. The Bertz CT molecular complexity index is 818. The third kappa shape index (κ3) is 2.63. The third-order valence-electron chi connectivity index (χ3n) is 2.84. The zero-order valence-electron chi connectivity index (χ0n) is 11.2.